The summed E-state index contributed by atoms with van der Waals surface area (Å²) in [5, 5.41) is 7.67. The molecule has 0 radical (unpaired) electrons. The lowest BCUT2D eigenvalue weighted by Crippen LogP contribution is -2.23. The van der Waals surface area contributed by atoms with Crippen LogP contribution in [0, 0.1) is 12.3 Å². The summed E-state index contributed by atoms with van der Waals surface area (Å²) in [6, 6.07) is 11.8. The van der Waals surface area contributed by atoms with Crippen molar-refractivity contribution in [3.8, 4) is 0 Å². The number of nitrogens with zero attached hydrogens (tertiary/aromatic N) is 2. The Kier molecular flexibility index (Phi) is 3.80. The maximum Gasteiger partial charge on any atom is 0.143 e. The van der Waals surface area contributed by atoms with Gasteiger partial charge in [-0.25, -0.2) is 4.98 Å². The second-order valence-electron chi connectivity index (χ2n) is 4.32. The molecule has 0 aliphatic carbocycles. The highest BCUT2D eigenvalue weighted by atomic mass is 15.2. The quantitative estimate of drug-likeness (QED) is 0.651. The zero-order valence-corrected chi connectivity index (χ0v) is 11.2. The number of nitrogen functional groups attached to an aromatic ring is 1. The second kappa shape index (κ2) is 5.52. The molecule has 2 aromatic rings. The van der Waals surface area contributed by atoms with Gasteiger partial charge in [0, 0.05) is 18.4 Å². The van der Waals surface area contributed by atoms with Gasteiger partial charge < -0.3 is 10.6 Å². The predicted molar refractivity (Wildman–Crippen MR) is 79.1 cm³/mol. The Morgan fingerprint density at radius 1 is 1.26 bits per heavy atom. The fourth-order valence-electron chi connectivity index (χ4n) is 2.12. The van der Waals surface area contributed by atoms with Gasteiger partial charge in [0.2, 0.25) is 0 Å². The standard InChI is InChI=1S/C15H18N4/c1-3-19(13-9-5-4-7-11(13)2)15-12(14(16)17)8-6-10-18-15/h4-10H,3H2,1-2H3,(H3,16,17). The Morgan fingerprint density at radius 3 is 2.63 bits per heavy atom. The van der Waals surface area contributed by atoms with E-state index in [2.05, 4.69) is 35.9 Å². The van der Waals surface area contributed by atoms with Gasteiger partial charge in [-0.1, -0.05) is 18.2 Å². The highest BCUT2D eigenvalue weighted by Gasteiger charge is 2.15. The van der Waals surface area contributed by atoms with Crippen molar-refractivity contribution in [2.75, 3.05) is 11.4 Å². The van der Waals surface area contributed by atoms with Crippen molar-refractivity contribution in [2.24, 2.45) is 5.73 Å². The number of rotatable bonds is 4. The molecule has 0 fully saturated rings. The topological polar surface area (TPSA) is 66.0 Å². The maximum atomic E-state index is 7.67. The molecule has 0 saturated heterocycles. The second-order valence-corrected chi connectivity index (χ2v) is 4.32. The smallest absolute Gasteiger partial charge is 0.143 e. The molecular weight excluding hydrogens is 236 g/mol. The number of aromatic nitrogens is 1. The number of nitrogens with one attached hydrogen (secondary N) is 1. The van der Waals surface area contributed by atoms with Crippen LogP contribution in [-0.2, 0) is 0 Å². The molecule has 1 aromatic carbocycles. The van der Waals surface area contributed by atoms with Crippen LogP contribution in [0.4, 0.5) is 11.5 Å². The van der Waals surface area contributed by atoms with Gasteiger partial charge in [-0.2, -0.15) is 0 Å². The van der Waals surface area contributed by atoms with Gasteiger partial charge in [-0.3, -0.25) is 5.41 Å². The number of anilines is 2. The predicted octanol–water partition coefficient (Wildman–Crippen LogP) is 2.83. The van der Waals surface area contributed by atoms with Crippen molar-refractivity contribution in [3.63, 3.8) is 0 Å². The van der Waals surface area contributed by atoms with Crippen LogP contribution >= 0.6 is 0 Å². The van der Waals surface area contributed by atoms with E-state index in [9.17, 15) is 0 Å². The zero-order valence-electron chi connectivity index (χ0n) is 11.2. The summed E-state index contributed by atoms with van der Waals surface area (Å²) in [7, 11) is 0. The largest absolute Gasteiger partial charge is 0.384 e. The van der Waals surface area contributed by atoms with Crippen molar-refractivity contribution in [2.45, 2.75) is 13.8 Å². The van der Waals surface area contributed by atoms with Gasteiger partial charge in [0.25, 0.3) is 0 Å². The van der Waals surface area contributed by atoms with Gasteiger partial charge in [0.05, 0.1) is 5.56 Å². The number of hydrogen-bond acceptors (Lipinski definition) is 3. The molecule has 0 amide bonds. The monoisotopic (exact) mass is 254 g/mol. The molecule has 0 aliphatic rings. The third kappa shape index (κ3) is 2.57. The Hall–Kier alpha value is -2.36. The number of aryl methyl sites for hydroxylation is 1. The summed E-state index contributed by atoms with van der Waals surface area (Å²) >= 11 is 0. The van der Waals surface area contributed by atoms with E-state index in [1.165, 1.54) is 5.56 Å². The van der Waals surface area contributed by atoms with Crippen LogP contribution in [-0.4, -0.2) is 17.4 Å². The molecule has 0 unspecified atom stereocenters. The van der Waals surface area contributed by atoms with Crippen LogP contribution < -0.4 is 10.6 Å². The van der Waals surface area contributed by atoms with Gasteiger partial charge in [0.15, 0.2) is 0 Å². The van der Waals surface area contributed by atoms with E-state index in [1.54, 1.807) is 12.3 Å². The van der Waals surface area contributed by atoms with E-state index < -0.39 is 0 Å². The zero-order chi connectivity index (χ0) is 13.8. The maximum absolute atomic E-state index is 7.67. The van der Waals surface area contributed by atoms with Crippen molar-refractivity contribution < 1.29 is 0 Å². The summed E-state index contributed by atoms with van der Waals surface area (Å²) in [6.07, 6.45) is 1.72. The van der Waals surface area contributed by atoms with Crippen LogP contribution in [0.5, 0.6) is 0 Å². The highest BCUT2D eigenvalue weighted by Crippen LogP contribution is 2.28. The van der Waals surface area contributed by atoms with E-state index in [0.29, 0.717) is 5.56 Å². The van der Waals surface area contributed by atoms with Crippen molar-refractivity contribution in [1.82, 2.24) is 4.98 Å². The van der Waals surface area contributed by atoms with E-state index in [1.807, 2.05) is 18.2 Å². The molecule has 1 aromatic heterocycles. The molecule has 3 N–H and O–H groups in total. The first kappa shape index (κ1) is 13.1. The normalized spacial score (nSPS) is 10.2. The molecule has 0 aliphatic heterocycles. The van der Waals surface area contributed by atoms with Gasteiger partial charge in [0.1, 0.15) is 11.7 Å². The van der Waals surface area contributed by atoms with Crippen molar-refractivity contribution in [3.05, 3.63) is 53.7 Å². The molecule has 19 heavy (non-hydrogen) atoms. The van der Waals surface area contributed by atoms with Crippen LogP contribution in [0.1, 0.15) is 18.1 Å². The lowest BCUT2D eigenvalue weighted by atomic mass is 10.1. The first-order valence-electron chi connectivity index (χ1n) is 6.27. The van der Waals surface area contributed by atoms with Crippen LogP contribution in [0.3, 0.4) is 0 Å². The fourth-order valence-corrected chi connectivity index (χ4v) is 2.12. The van der Waals surface area contributed by atoms with E-state index in [0.717, 1.165) is 18.1 Å². The molecule has 98 valence electrons. The summed E-state index contributed by atoms with van der Waals surface area (Å²) in [5.74, 6) is 0.766. The third-order valence-corrected chi connectivity index (χ3v) is 3.05. The van der Waals surface area contributed by atoms with Gasteiger partial charge in [-0.05, 0) is 37.6 Å². The molecule has 0 bridgehead atoms. The first-order chi connectivity index (χ1) is 9.15. The van der Waals surface area contributed by atoms with E-state index in [4.69, 9.17) is 11.1 Å². The minimum atomic E-state index is 0.0372. The molecule has 0 spiro atoms. The minimum Gasteiger partial charge on any atom is -0.384 e. The summed E-state index contributed by atoms with van der Waals surface area (Å²) in [5.41, 5.74) is 8.56. The molecule has 4 heteroatoms. The number of amidine groups is 1. The summed E-state index contributed by atoms with van der Waals surface area (Å²) in [4.78, 5) is 6.47. The molecular formula is C15H18N4. The molecule has 0 saturated carbocycles. The Morgan fingerprint density at radius 2 is 2.00 bits per heavy atom. The number of hydrogen-bond donors (Lipinski definition) is 2. The average molecular weight is 254 g/mol. The molecule has 0 atom stereocenters. The number of pyridine rings is 1. The number of para-hydroxylation sites is 1. The molecule has 2 rings (SSSR count). The van der Waals surface area contributed by atoms with Crippen LogP contribution in [0.25, 0.3) is 0 Å². The Bertz CT molecular complexity index is 592. The van der Waals surface area contributed by atoms with Gasteiger partial charge >= 0.3 is 0 Å². The third-order valence-electron chi connectivity index (χ3n) is 3.05. The number of nitrogens with two attached hydrogens (primary N) is 1. The van der Waals surface area contributed by atoms with E-state index >= 15 is 0 Å². The van der Waals surface area contributed by atoms with Crippen LogP contribution in [0.2, 0.25) is 0 Å². The Balaban J connectivity index is 2.55. The lowest BCUT2D eigenvalue weighted by molar-refractivity contribution is 0.979. The summed E-state index contributed by atoms with van der Waals surface area (Å²) in [6.45, 7) is 4.89. The van der Waals surface area contributed by atoms with E-state index in [-0.39, 0.29) is 5.84 Å². The molecule has 4 nitrogen and oxygen atoms in total. The van der Waals surface area contributed by atoms with Gasteiger partial charge in [-0.15, -0.1) is 0 Å². The van der Waals surface area contributed by atoms with Crippen molar-refractivity contribution in [1.29, 1.82) is 5.41 Å². The Labute approximate surface area is 113 Å². The molecule has 1 heterocycles. The average Bonchev–Trinajstić information content (AvgIpc) is 2.42. The van der Waals surface area contributed by atoms with Crippen LogP contribution in [0.15, 0.2) is 42.6 Å². The summed E-state index contributed by atoms with van der Waals surface area (Å²) < 4.78 is 0. The fraction of sp³-hybridized carbons (Fsp3) is 0.200. The SMILES string of the molecule is CCN(c1ccccc1C)c1ncccc1C(=N)N. The highest BCUT2D eigenvalue weighted by molar-refractivity contribution is 6.00. The lowest BCUT2D eigenvalue weighted by Gasteiger charge is -2.25. The first-order valence-corrected chi connectivity index (χ1v) is 6.27. The number of benzene rings is 1. The van der Waals surface area contributed by atoms with Crippen molar-refractivity contribution >= 4 is 17.3 Å². The minimum absolute atomic E-state index is 0.0372.